The van der Waals surface area contributed by atoms with Crippen LogP contribution in [0, 0.1) is 13.8 Å². The van der Waals surface area contributed by atoms with Crippen LogP contribution in [0.5, 0.6) is 5.75 Å². The maximum atomic E-state index is 12.5. The fraction of sp³-hybridized carbons (Fsp3) is 0.263. The van der Waals surface area contributed by atoms with Crippen LogP contribution in [0.25, 0.3) is 10.2 Å². The molecule has 3 aromatic rings. The third-order valence-corrected chi connectivity index (χ3v) is 6.75. The van der Waals surface area contributed by atoms with Gasteiger partial charge in [-0.2, -0.15) is 0 Å². The first-order valence-corrected chi connectivity index (χ1v) is 11.5. The normalized spacial score (nSPS) is 12.8. The molecular weight excluding hydrogens is 420 g/mol. The van der Waals surface area contributed by atoms with Gasteiger partial charge in [0.05, 0.1) is 15.1 Å². The molecule has 1 atom stereocenters. The van der Waals surface area contributed by atoms with Crippen LogP contribution in [0.4, 0.5) is 5.13 Å². The summed E-state index contributed by atoms with van der Waals surface area (Å²) < 4.78 is 29.8. The van der Waals surface area contributed by atoms with Crippen molar-refractivity contribution in [2.45, 2.75) is 31.8 Å². The van der Waals surface area contributed by atoms with Gasteiger partial charge in [0.2, 0.25) is 0 Å². The fourth-order valence-electron chi connectivity index (χ4n) is 2.63. The molecule has 0 aliphatic carbocycles. The van der Waals surface area contributed by atoms with Gasteiger partial charge in [-0.3, -0.25) is 10.1 Å². The Bertz CT molecular complexity index is 1150. The molecule has 1 unspecified atom stereocenters. The van der Waals surface area contributed by atoms with Crippen molar-refractivity contribution in [2.75, 3.05) is 11.6 Å². The van der Waals surface area contributed by atoms with Gasteiger partial charge in [0.15, 0.2) is 21.1 Å². The minimum Gasteiger partial charge on any atom is -0.481 e. The van der Waals surface area contributed by atoms with E-state index in [1.165, 1.54) is 17.4 Å². The van der Waals surface area contributed by atoms with Gasteiger partial charge in [0, 0.05) is 11.3 Å². The number of nitrogens with zero attached hydrogens (tertiary/aromatic N) is 1. The molecule has 1 amide bonds. The van der Waals surface area contributed by atoms with Crippen LogP contribution in [0.15, 0.2) is 35.2 Å². The number of sulfone groups is 1. The number of nitrogens with one attached hydrogen (secondary N) is 1. The number of aromatic nitrogens is 1. The number of anilines is 1. The Balaban J connectivity index is 1.75. The van der Waals surface area contributed by atoms with Crippen LogP contribution < -0.4 is 10.1 Å². The highest BCUT2D eigenvalue weighted by Gasteiger charge is 2.18. The SMILES string of the molecule is Cc1cc(OC(C)C(=O)Nc2nc3ccc(S(C)(=O)=O)cc3s2)cc(C)c1Cl. The lowest BCUT2D eigenvalue weighted by atomic mass is 10.1. The molecule has 148 valence electrons. The standard InChI is InChI=1S/C19H19ClN2O4S2/c1-10-7-13(8-11(2)17(10)20)26-12(3)18(23)22-19-21-15-6-5-14(28(4,24)25)9-16(15)27-19/h5-9,12H,1-4H3,(H,21,22,23). The van der Waals surface area contributed by atoms with Crippen LogP contribution in [0.3, 0.4) is 0 Å². The number of rotatable bonds is 5. The smallest absolute Gasteiger partial charge is 0.266 e. The predicted molar refractivity (Wildman–Crippen MR) is 112 cm³/mol. The lowest BCUT2D eigenvalue weighted by Crippen LogP contribution is -2.30. The average molecular weight is 439 g/mol. The van der Waals surface area contributed by atoms with E-state index in [-0.39, 0.29) is 10.8 Å². The van der Waals surface area contributed by atoms with Crippen molar-refractivity contribution in [3.8, 4) is 5.75 Å². The van der Waals surface area contributed by atoms with Crippen LogP contribution >= 0.6 is 22.9 Å². The fourth-order valence-corrected chi connectivity index (χ4v) is 4.37. The van der Waals surface area contributed by atoms with Crippen molar-refractivity contribution in [3.63, 3.8) is 0 Å². The molecule has 0 saturated heterocycles. The molecule has 2 aromatic carbocycles. The average Bonchev–Trinajstić information content (AvgIpc) is 3.00. The second-order valence-electron chi connectivity index (χ2n) is 6.54. The first-order valence-electron chi connectivity index (χ1n) is 8.39. The quantitative estimate of drug-likeness (QED) is 0.639. The second kappa shape index (κ2) is 7.69. The molecule has 28 heavy (non-hydrogen) atoms. The molecule has 0 fully saturated rings. The van der Waals surface area contributed by atoms with E-state index in [0.29, 0.717) is 26.1 Å². The van der Waals surface area contributed by atoms with E-state index in [9.17, 15) is 13.2 Å². The highest BCUT2D eigenvalue weighted by atomic mass is 35.5. The van der Waals surface area contributed by atoms with Gasteiger partial charge in [-0.15, -0.1) is 0 Å². The number of halogens is 1. The van der Waals surface area contributed by atoms with E-state index >= 15 is 0 Å². The summed E-state index contributed by atoms with van der Waals surface area (Å²) in [5.41, 5.74) is 2.36. The predicted octanol–water partition coefficient (Wildman–Crippen LogP) is 4.38. The van der Waals surface area contributed by atoms with Gasteiger partial charge in [-0.1, -0.05) is 22.9 Å². The Morgan fingerprint density at radius 2 is 1.86 bits per heavy atom. The summed E-state index contributed by atoms with van der Waals surface area (Å²) in [6.45, 7) is 5.39. The Morgan fingerprint density at radius 3 is 2.46 bits per heavy atom. The zero-order valence-electron chi connectivity index (χ0n) is 15.7. The number of fused-ring (bicyclic) bond motifs is 1. The van der Waals surface area contributed by atoms with Gasteiger partial charge in [-0.25, -0.2) is 13.4 Å². The number of carbonyl (C=O) groups is 1. The minimum atomic E-state index is -3.30. The highest BCUT2D eigenvalue weighted by Crippen LogP contribution is 2.29. The Labute approximate surface area is 172 Å². The zero-order valence-corrected chi connectivity index (χ0v) is 18.1. The van der Waals surface area contributed by atoms with Crippen LogP contribution in [-0.2, 0) is 14.6 Å². The maximum absolute atomic E-state index is 12.5. The van der Waals surface area contributed by atoms with E-state index < -0.39 is 15.9 Å². The monoisotopic (exact) mass is 438 g/mol. The summed E-state index contributed by atoms with van der Waals surface area (Å²) >= 11 is 7.36. The van der Waals surface area contributed by atoms with Crippen molar-refractivity contribution in [3.05, 3.63) is 46.5 Å². The van der Waals surface area contributed by atoms with Gasteiger partial charge >= 0.3 is 0 Å². The Hall–Kier alpha value is -2.16. The number of thiazole rings is 1. The van der Waals surface area contributed by atoms with Gasteiger partial charge in [0.25, 0.3) is 5.91 Å². The third-order valence-electron chi connectivity index (χ3n) is 4.11. The van der Waals surface area contributed by atoms with Crippen molar-refractivity contribution < 1.29 is 17.9 Å². The number of ether oxygens (including phenoxy) is 1. The number of carbonyl (C=O) groups excluding carboxylic acids is 1. The minimum absolute atomic E-state index is 0.215. The largest absolute Gasteiger partial charge is 0.481 e. The van der Waals surface area contributed by atoms with Crippen molar-refractivity contribution >= 4 is 54.0 Å². The molecule has 0 radical (unpaired) electrons. The van der Waals surface area contributed by atoms with Gasteiger partial charge in [0.1, 0.15) is 5.75 Å². The molecular formula is C19H19ClN2O4S2. The summed E-state index contributed by atoms with van der Waals surface area (Å²) in [5.74, 6) is 0.205. The molecule has 1 aromatic heterocycles. The summed E-state index contributed by atoms with van der Waals surface area (Å²) in [6, 6.07) is 8.24. The first kappa shape index (κ1) is 20.6. The summed E-state index contributed by atoms with van der Waals surface area (Å²) in [7, 11) is -3.30. The summed E-state index contributed by atoms with van der Waals surface area (Å²) in [4.78, 5) is 17.0. The van der Waals surface area contributed by atoms with Gasteiger partial charge < -0.3 is 4.74 Å². The zero-order chi connectivity index (χ0) is 20.6. The highest BCUT2D eigenvalue weighted by molar-refractivity contribution is 7.90. The van der Waals surface area contributed by atoms with Crippen molar-refractivity contribution in [1.82, 2.24) is 4.98 Å². The summed E-state index contributed by atoms with van der Waals surface area (Å²) in [5, 5.41) is 3.77. The van der Waals surface area contributed by atoms with E-state index in [2.05, 4.69) is 10.3 Å². The van der Waals surface area contributed by atoms with Crippen molar-refractivity contribution in [2.24, 2.45) is 0 Å². The van der Waals surface area contributed by atoms with Gasteiger partial charge in [-0.05, 0) is 62.2 Å². The molecule has 3 rings (SSSR count). The van der Waals surface area contributed by atoms with E-state index in [4.69, 9.17) is 16.3 Å². The van der Waals surface area contributed by atoms with Crippen LogP contribution in [0.2, 0.25) is 5.02 Å². The molecule has 0 aliphatic heterocycles. The molecule has 0 saturated carbocycles. The van der Waals surface area contributed by atoms with E-state index in [1.807, 2.05) is 13.8 Å². The summed E-state index contributed by atoms with van der Waals surface area (Å²) in [6.07, 6.45) is 0.399. The molecule has 1 N–H and O–H groups in total. The topological polar surface area (TPSA) is 85.4 Å². The number of hydrogen-bond acceptors (Lipinski definition) is 6. The van der Waals surface area contributed by atoms with Crippen LogP contribution in [0.1, 0.15) is 18.1 Å². The molecule has 0 spiro atoms. The second-order valence-corrected chi connectivity index (χ2v) is 9.97. The molecule has 1 heterocycles. The van der Waals surface area contributed by atoms with E-state index in [0.717, 1.165) is 17.4 Å². The van der Waals surface area contributed by atoms with Crippen molar-refractivity contribution in [1.29, 1.82) is 0 Å². The number of aryl methyl sites for hydroxylation is 2. The lowest BCUT2D eigenvalue weighted by Gasteiger charge is -2.15. The number of hydrogen-bond donors (Lipinski definition) is 1. The third kappa shape index (κ3) is 4.45. The Morgan fingerprint density at radius 1 is 1.21 bits per heavy atom. The maximum Gasteiger partial charge on any atom is 0.266 e. The number of amides is 1. The lowest BCUT2D eigenvalue weighted by molar-refractivity contribution is -0.122. The van der Waals surface area contributed by atoms with Crippen LogP contribution in [-0.4, -0.2) is 31.7 Å². The number of benzene rings is 2. The Kier molecular flexibility index (Phi) is 5.65. The van der Waals surface area contributed by atoms with E-state index in [1.54, 1.807) is 31.2 Å². The molecule has 9 heteroatoms. The molecule has 0 bridgehead atoms. The molecule has 6 nitrogen and oxygen atoms in total. The first-order chi connectivity index (χ1) is 13.0. The molecule has 0 aliphatic rings.